The molecule has 1 rings (SSSR count). The maximum Gasteiger partial charge on any atom is 0.304 e. The van der Waals surface area contributed by atoms with Crippen LogP contribution >= 0.6 is 0 Å². The van der Waals surface area contributed by atoms with E-state index in [-0.39, 0.29) is 12.5 Å². The predicted octanol–water partition coefficient (Wildman–Crippen LogP) is 0.369. The van der Waals surface area contributed by atoms with Crippen molar-refractivity contribution in [2.75, 3.05) is 13.2 Å². The van der Waals surface area contributed by atoms with Crippen molar-refractivity contribution in [2.24, 2.45) is 11.5 Å². The van der Waals surface area contributed by atoms with Crippen molar-refractivity contribution >= 4 is 5.97 Å². The molecular formula is C12H18N2O3. The maximum absolute atomic E-state index is 10.5. The fourth-order valence-corrected chi connectivity index (χ4v) is 1.50. The zero-order valence-electron chi connectivity index (χ0n) is 9.63. The fraction of sp³-hybridized carbons (Fsp3) is 0.417. The Kier molecular flexibility index (Phi) is 5.45. The molecule has 0 heterocycles. The van der Waals surface area contributed by atoms with Crippen LogP contribution in [-0.2, 0) is 11.2 Å². The van der Waals surface area contributed by atoms with Crippen molar-refractivity contribution in [2.45, 2.75) is 18.9 Å². The lowest BCUT2D eigenvalue weighted by Gasteiger charge is -2.10. The molecule has 0 spiro atoms. The molecule has 5 heteroatoms. The van der Waals surface area contributed by atoms with E-state index in [0.29, 0.717) is 19.6 Å². The molecule has 0 saturated carbocycles. The van der Waals surface area contributed by atoms with Gasteiger partial charge in [-0.05, 0) is 24.1 Å². The van der Waals surface area contributed by atoms with E-state index in [2.05, 4.69) is 0 Å². The van der Waals surface area contributed by atoms with Crippen LogP contribution in [0.25, 0.3) is 0 Å². The van der Waals surface area contributed by atoms with Gasteiger partial charge in [0.25, 0.3) is 0 Å². The number of ether oxygens (including phenoxy) is 1. The van der Waals surface area contributed by atoms with Gasteiger partial charge in [-0.2, -0.15) is 0 Å². The molecule has 0 bridgehead atoms. The van der Waals surface area contributed by atoms with Crippen LogP contribution in [0.2, 0.25) is 0 Å². The number of hydrogen-bond acceptors (Lipinski definition) is 4. The Balaban J connectivity index is 2.47. The normalized spacial score (nSPS) is 12.1. The Morgan fingerprint density at radius 1 is 1.35 bits per heavy atom. The minimum atomic E-state index is -0.875. The first-order chi connectivity index (χ1) is 8.11. The quantitative estimate of drug-likeness (QED) is 0.637. The van der Waals surface area contributed by atoms with Crippen molar-refractivity contribution in [3.05, 3.63) is 29.8 Å². The van der Waals surface area contributed by atoms with Gasteiger partial charge in [0.15, 0.2) is 0 Å². The van der Waals surface area contributed by atoms with Crippen LogP contribution in [0.4, 0.5) is 0 Å². The van der Waals surface area contributed by atoms with Crippen LogP contribution < -0.4 is 16.2 Å². The first kappa shape index (κ1) is 13.5. The predicted molar refractivity (Wildman–Crippen MR) is 64.9 cm³/mol. The highest BCUT2D eigenvalue weighted by atomic mass is 16.5. The molecule has 5 nitrogen and oxygen atoms in total. The number of nitrogens with two attached hydrogens (primary N) is 2. The molecule has 0 saturated heterocycles. The number of benzene rings is 1. The van der Waals surface area contributed by atoms with E-state index in [9.17, 15) is 4.79 Å². The lowest BCUT2D eigenvalue weighted by Crippen LogP contribution is -2.26. The summed E-state index contributed by atoms with van der Waals surface area (Å²) in [5.74, 6) is -0.119. The lowest BCUT2D eigenvalue weighted by molar-refractivity contribution is -0.137. The topological polar surface area (TPSA) is 98.6 Å². The summed E-state index contributed by atoms with van der Waals surface area (Å²) in [6.07, 6.45) is 0.523. The summed E-state index contributed by atoms with van der Waals surface area (Å²) in [5, 5.41) is 8.59. The zero-order valence-corrected chi connectivity index (χ0v) is 9.63. The van der Waals surface area contributed by atoms with Gasteiger partial charge in [0.05, 0.1) is 6.42 Å². The van der Waals surface area contributed by atoms with Crippen molar-refractivity contribution in [3.8, 4) is 5.75 Å². The molecule has 0 aliphatic rings. The zero-order chi connectivity index (χ0) is 12.7. The van der Waals surface area contributed by atoms with Crippen molar-refractivity contribution in [1.29, 1.82) is 0 Å². The molecular weight excluding hydrogens is 220 g/mol. The summed E-state index contributed by atoms with van der Waals surface area (Å²) in [6, 6.07) is 7.07. The number of carbonyl (C=O) groups is 1. The Labute approximate surface area is 100 Å². The van der Waals surface area contributed by atoms with Crippen molar-refractivity contribution in [3.63, 3.8) is 0 Å². The largest absolute Gasteiger partial charge is 0.492 e. The van der Waals surface area contributed by atoms with Gasteiger partial charge in [0.2, 0.25) is 0 Å². The summed E-state index contributed by atoms with van der Waals surface area (Å²) in [6.45, 7) is 0.961. The third kappa shape index (κ3) is 5.33. The Hall–Kier alpha value is -1.59. The first-order valence-electron chi connectivity index (χ1n) is 5.51. The Morgan fingerprint density at radius 2 is 2.00 bits per heavy atom. The lowest BCUT2D eigenvalue weighted by atomic mass is 10.0. The van der Waals surface area contributed by atoms with E-state index in [1.807, 2.05) is 24.3 Å². The van der Waals surface area contributed by atoms with Gasteiger partial charge in [-0.3, -0.25) is 4.79 Å². The monoisotopic (exact) mass is 238 g/mol. The van der Waals surface area contributed by atoms with E-state index in [1.54, 1.807) is 0 Å². The van der Waals surface area contributed by atoms with Gasteiger partial charge >= 0.3 is 5.97 Å². The van der Waals surface area contributed by atoms with E-state index in [4.69, 9.17) is 21.3 Å². The second-order valence-corrected chi connectivity index (χ2v) is 3.84. The molecule has 0 fully saturated rings. The molecule has 1 unspecified atom stereocenters. The average Bonchev–Trinajstić information content (AvgIpc) is 2.27. The number of carboxylic acids is 1. The van der Waals surface area contributed by atoms with Gasteiger partial charge in [-0.1, -0.05) is 12.1 Å². The second kappa shape index (κ2) is 6.88. The fourth-order valence-electron chi connectivity index (χ4n) is 1.50. The average molecular weight is 238 g/mol. The molecule has 0 radical (unpaired) electrons. The van der Waals surface area contributed by atoms with E-state index >= 15 is 0 Å². The molecule has 0 amide bonds. The number of hydrogen-bond donors (Lipinski definition) is 3. The van der Waals surface area contributed by atoms with Gasteiger partial charge in [-0.15, -0.1) is 0 Å². The van der Waals surface area contributed by atoms with E-state index < -0.39 is 5.97 Å². The van der Waals surface area contributed by atoms with Gasteiger partial charge < -0.3 is 21.3 Å². The van der Waals surface area contributed by atoms with Crippen LogP contribution in [0.15, 0.2) is 24.3 Å². The van der Waals surface area contributed by atoms with Gasteiger partial charge in [0, 0.05) is 12.6 Å². The van der Waals surface area contributed by atoms with Gasteiger partial charge in [-0.25, -0.2) is 0 Å². The first-order valence-corrected chi connectivity index (χ1v) is 5.51. The van der Waals surface area contributed by atoms with Crippen molar-refractivity contribution < 1.29 is 14.6 Å². The molecule has 5 N–H and O–H groups in total. The molecule has 94 valence electrons. The summed E-state index contributed by atoms with van der Waals surface area (Å²) >= 11 is 0. The minimum Gasteiger partial charge on any atom is -0.492 e. The molecule has 1 aromatic carbocycles. The second-order valence-electron chi connectivity index (χ2n) is 3.84. The van der Waals surface area contributed by atoms with Crippen molar-refractivity contribution in [1.82, 2.24) is 0 Å². The number of aliphatic carboxylic acids is 1. The Morgan fingerprint density at radius 3 is 2.53 bits per heavy atom. The molecule has 1 atom stereocenters. The van der Waals surface area contributed by atoms with E-state index in [0.717, 1.165) is 11.3 Å². The van der Waals surface area contributed by atoms with Crippen LogP contribution in [0.3, 0.4) is 0 Å². The summed E-state index contributed by atoms with van der Waals surface area (Å²) in [4.78, 5) is 10.5. The molecule has 1 aromatic rings. The summed E-state index contributed by atoms with van der Waals surface area (Å²) < 4.78 is 5.33. The molecule has 0 aromatic heterocycles. The highest BCUT2D eigenvalue weighted by Gasteiger charge is 2.08. The highest BCUT2D eigenvalue weighted by molar-refractivity contribution is 5.67. The molecule has 0 aliphatic carbocycles. The van der Waals surface area contributed by atoms with Crippen LogP contribution in [0, 0.1) is 0 Å². The smallest absolute Gasteiger partial charge is 0.304 e. The van der Waals surface area contributed by atoms with Gasteiger partial charge in [0.1, 0.15) is 12.4 Å². The molecule has 0 aliphatic heterocycles. The number of carboxylic acid groups (broad SMARTS) is 1. The Bertz CT molecular complexity index is 351. The molecule has 17 heavy (non-hydrogen) atoms. The summed E-state index contributed by atoms with van der Waals surface area (Å²) in [7, 11) is 0. The highest BCUT2D eigenvalue weighted by Crippen LogP contribution is 2.13. The van der Waals surface area contributed by atoms with Crippen LogP contribution in [0.1, 0.15) is 12.0 Å². The third-order valence-electron chi connectivity index (χ3n) is 2.24. The third-order valence-corrected chi connectivity index (χ3v) is 2.24. The van der Waals surface area contributed by atoms with Crippen LogP contribution in [0.5, 0.6) is 5.75 Å². The van der Waals surface area contributed by atoms with Crippen LogP contribution in [-0.4, -0.2) is 30.3 Å². The standard InChI is InChI=1S/C12H18N2O3/c13-5-6-17-11-3-1-9(2-4-11)7-10(14)8-12(15)16/h1-4,10H,5-8,13-14H2,(H,15,16). The number of rotatable bonds is 7. The SMILES string of the molecule is NCCOc1ccc(CC(N)CC(=O)O)cc1. The summed E-state index contributed by atoms with van der Waals surface area (Å²) in [5.41, 5.74) is 12.0. The van der Waals surface area contributed by atoms with E-state index in [1.165, 1.54) is 0 Å². The maximum atomic E-state index is 10.5. The minimum absolute atomic E-state index is 0.0224.